The van der Waals surface area contributed by atoms with Gasteiger partial charge in [-0.2, -0.15) is 4.39 Å². The molecule has 0 aliphatic rings. The maximum atomic E-state index is 14.8. The van der Waals surface area contributed by atoms with E-state index in [1.54, 1.807) is 0 Å². The molecule has 0 spiro atoms. The number of hydrogen-bond donors (Lipinski definition) is 6. The van der Waals surface area contributed by atoms with Crippen LogP contribution in [0.2, 0.25) is 0 Å². The van der Waals surface area contributed by atoms with Crippen molar-refractivity contribution in [2.75, 3.05) is 20.1 Å². The second-order valence-corrected chi connectivity index (χ2v) is 10.8. The van der Waals surface area contributed by atoms with Crippen LogP contribution in [0, 0.1) is 23.3 Å². The monoisotopic (exact) mass is 689 g/mol. The van der Waals surface area contributed by atoms with Gasteiger partial charge in [-0.1, -0.05) is 36.4 Å². The molecule has 6 N–H and O–H groups in total. The van der Waals surface area contributed by atoms with Gasteiger partial charge in [-0.3, -0.25) is 19.2 Å². The summed E-state index contributed by atoms with van der Waals surface area (Å²) in [7, 11) is -0.510. The summed E-state index contributed by atoms with van der Waals surface area (Å²) in [6.07, 6.45) is 0.957. The van der Waals surface area contributed by atoms with E-state index >= 15 is 0 Å². The summed E-state index contributed by atoms with van der Waals surface area (Å²) in [6.45, 7) is -0.874. The van der Waals surface area contributed by atoms with Crippen molar-refractivity contribution in [3.8, 4) is 0 Å². The summed E-state index contributed by atoms with van der Waals surface area (Å²) in [5.41, 5.74) is -1.70. The molecule has 11 nitrogen and oxygen atoms in total. The Morgan fingerprint density at radius 1 is 0.837 bits per heavy atom. The van der Waals surface area contributed by atoms with E-state index in [9.17, 15) is 41.1 Å². The molecule has 0 bridgehead atoms. The molecule has 0 fully saturated rings. The summed E-state index contributed by atoms with van der Waals surface area (Å²) < 4.78 is 70.4. The number of hydrogen-bond acceptors (Lipinski definition) is 8. The molecule has 18 heteroatoms. The Balaban J connectivity index is 1.70. The van der Waals surface area contributed by atoms with Gasteiger partial charge in [0.1, 0.15) is 6.54 Å². The van der Waals surface area contributed by atoms with E-state index in [-0.39, 0.29) is 26.1 Å². The maximum absolute atomic E-state index is 14.8. The van der Waals surface area contributed by atoms with Crippen molar-refractivity contribution in [1.82, 2.24) is 20.9 Å². The second-order valence-electron chi connectivity index (χ2n) is 10.8. The largest absolute Gasteiger partial charge is 0.491 e. The molecule has 3 aromatic carbocycles. The number of halogens is 5. The van der Waals surface area contributed by atoms with Crippen LogP contribution in [-0.4, -0.2) is 84.5 Å². The average molecular weight is 689 g/mol. The Kier molecular flexibility index (Phi) is 14.4. The molecule has 0 aliphatic carbocycles. The van der Waals surface area contributed by atoms with E-state index in [1.807, 2.05) is 0 Å². The topological polar surface area (TPSA) is 168 Å². The van der Waals surface area contributed by atoms with Crippen LogP contribution in [0.25, 0.3) is 0 Å². The highest BCUT2D eigenvalue weighted by Gasteiger charge is 2.26. The van der Waals surface area contributed by atoms with Crippen LogP contribution in [-0.2, 0) is 22.7 Å². The summed E-state index contributed by atoms with van der Waals surface area (Å²) >= 11 is 0. The summed E-state index contributed by atoms with van der Waals surface area (Å²) in [5.74, 6) is -8.84. The fraction of sp³-hybridized carbons (Fsp3) is 0.290. The first-order valence-electron chi connectivity index (χ1n) is 14.9. The SMILES string of the molecule is CN[C@@H](CCCCNC(=O)CN(Cc1ccc(CNC(=O)c2ccc(B(O)O)c(F)c2F)cc1)C(=O)c1ccc([B]O)c(F)c1F)C(=O)F. The summed E-state index contributed by atoms with van der Waals surface area (Å²) in [6, 6.07) is 7.29. The van der Waals surface area contributed by atoms with Gasteiger partial charge in [-0.15, -0.1) is 0 Å². The van der Waals surface area contributed by atoms with Gasteiger partial charge in [0.2, 0.25) is 5.91 Å². The predicted octanol–water partition coefficient (Wildman–Crippen LogP) is 0.103. The van der Waals surface area contributed by atoms with Crippen molar-refractivity contribution < 1.29 is 56.2 Å². The lowest BCUT2D eigenvalue weighted by Crippen LogP contribution is -2.41. The zero-order chi connectivity index (χ0) is 36.2. The van der Waals surface area contributed by atoms with E-state index in [1.165, 1.54) is 31.3 Å². The zero-order valence-electron chi connectivity index (χ0n) is 26.1. The molecule has 0 aromatic heterocycles. The van der Waals surface area contributed by atoms with E-state index < -0.39 is 88.8 Å². The first-order valence-corrected chi connectivity index (χ1v) is 14.9. The Labute approximate surface area is 278 Å². The highest BCUT2D eigenvalue weighted by atomic mass is 19.2. The van der Waals surface area contributed by atoms with Gasteiger partial charge in [0, 0.05) is 25.1 Å². The van der Waals surface area contributed by atoms with E-state index in [0.717, 1.165) is 29.2 Å². The number of carbonyl (C=O) groups excluding carboxylic acids is 4. The molecular formula is C31H32B2F5N4O7. The Morgan fingerprint density at radius 2 is 1.47 bits per heavy atom. The average Bonchev–Trinajstić information content (AvgIpc) is 3.07. The molecule has 3 aromatic rings. The van der Waals surface area contributed by atoms with Crippen LogP contribution in [0.5, 0.6) is 0 Å². The lowest BCUT2D eigenvalue weighted by molar-refractivity contribution is -0.131. The van der Waals surface area contributed by atoms with Crippen molar-refractivity contribution in [2.24, 2.45) is 0 Å². The van der Waals surface area contributed by atoms with Crippen LogP contribution in [0.1, 0.15) is 51.1 Å². The molecule has 1 atom stereocenters. The lowest BCUT2D eigenvalue weighted by Gasteiger charge is -2.23. The molecule has 0 unspecified atom stereocenters. The highest BCUT2D eigenvalue weighted by molar-refractivity contribution is 6.58. The van der Waals surface area contributed by atoms with Crippen molar-refractivity contribution in [2.45, 2.75) is 38.4 Å². The van der Waals surface area contributed by atoms with Crippen LogP contribution in [0.15, 0.2) is 48.5 Å². The van der Waals surface area contributed by atoms with Gasteiger partial charge in [0.05, 0.1) is 17.2 Å². The lowest BCUT2D eigenvalue weighted by atomic mass is 9.79. The van der Waals surface area contributed by atoms with Gasteiger partial charge < -0.3 is 35.9 Å². The number of unbranched alkanes of at least 4 members (excludes halogenated alkanes) is 1. The van der Waals surface area contributed by atoms with E-state index in [2.05, 4.69) is 16.0 Å². The minimum Gasteiger partial charge on any atom is -0.450 e. The first-order chi connectivity index (χ1) is 23.3. The van der Waals surface area contributed by atoms with Gasteiger partial charge in [-0.05, 0) is 55.0 Å². The highest BCUT2D eigenvalue weighted by Crippen LogP contribution is 2.17. The maximum Gasteiger partial charge on any atom is 0.491 e. The van der Waals surface area contributed by atoms with Gasteiger partial charge in [0.15, 0.2) is 23.3 Å². The van der Waals surface area contributed by atoms with Crippen LogP contribution in [0.4, 0.5) is 22.0 Å². The standard InChI is InChI=1S/C31H32B2F5N4O7/c1-39-23(29(38)44)4-2-3-13-40-24(43)16-42(31(46)20-9-11-21(32-47)27(36)26(20)35)15-18-7-5-17(6-8-18)14-41-30(45)19-10-12-22(33(48)49)28(37)25(19)34/h5-12,23,39,47-49H,2-4,13-16H2,1H3,(H,40,43)(H,41,45)/t23-/m0/s1. The fourth-order valence-corrected chi connectivity index (χ4v) is 4.70. The number of likely N-dealkylation sites (N-methyl/N-ethyl adjacent to an activating group) is 1. The molecule has 3 amide bonds. The normalized spacial score (nSPS) is 11.4. The minimum atomic E-state index is -2.28. The number of benzene rings is 3. The number of nitrogens with one attached hydrogen (secondary N) is 3. The van der Waals surface area contributed by atoms with Crippen LogP contribution >= 0.6 is 0 Å². The predicted molar refractivity (Wildman–Crippen MR) is 168 cm³/mol. The number of nitrogens with zero attached hydrogens (tertiary/aromatic N) is 1. The number of carbonyl (C=O) groups is 4. The van der Waals surface area contributed by atoms with E-state index in [4.69, 9.17) is 15.1 Å². The molecule has 3 rings (SSSR count). The summed E-state index contributed by atoms with van der Waals surface area (Å²) in [5, 5.41) is 34.8. The smallest absolute Gasteiger partial charge is 0.450 e. The summed E-state index contributed by atoms with van der Waals surface area (Å²) in [4.78, 5) is 50.4. The third-order valence-corrected chi connectivity index (χ3v) is 7.45. The first kappa shape index (κ1) is 38.8. The molecule has 259 valence electrons. The van der Waals surface area contributed by atoms with Crippen molar-refractivity contribution >= 4 is 49.3 Å². The van der Waals surface area contributed by atoms with Gasteiger partial charge in [-0.25, -0.2) is 17.6 Å². The van der Waals surface area contributed by atoms with Crippen molar-refractivity contribution in [3.05, 3.63) is 94.1 Å². The molecule has 0 saturated heterocycles. The van der Waals surface area contributed by atoms with Crippen LogP contribution in [0.3, 0.4) is 0 Å². The Bertz CT molecular complexity index is 1670. The van der Waals surface area contributed by atoms with E-state index in [0.29, 0.717) is 31.5 Å². The number of amides is 3. The molecule has 0 saturated carbocycles. The Morgan fingerprint density at radius 3 is 2.08 bits per heavy atom. The molecule has 49 heavy (non-hydrogen) atoms. The van der Waals surface area contributed by atoms with Crippen molar-refractivity contribution in [1.29, 1.82) is 0 Å². The number of rotatable bonds is 17. The Hall–Kier alpha value is -4.64. The molecule has 0 aliphatic heterocycles. The molecular weight excluding hydrogens is 657 g/mol. The third kappa shape index (κ3) is 10.4. The second kappa shape index (κ2) is 18.2. The third-order valence-electron chi connectivity index (χ3n) is 7.45. The molecule has 0 heterocycles. The zero-order valence-corrected chi connectivity index (χ0v) is 26.1. The quantitative estimate of drug-likeness (QED) is 0.0503. The van der Waals surface area contributed by atoms with Gasteiger partial charge >= 0.3 is 20.6 Å². The molecule has 1 radical (unpaired) electrons. The fourth-order valence-electron chi connectivity index (χ4n) is 4.70. The van der Waals surface area contributed by atoms with Crippen molar-refractivity contribution in [3.63, 3.8) is 0 Å². The minimum absolute atomic E-state index is 0.117. The van der Waals surface area contributed by atoms with Crippen LogP contribution < -0.4 is 26.9 Å². The van der Waals surface area contributed by atoms with Gasteiger partial charge in [0.25, 0.3) is 11.8 Å².